The summed E-state index contributed by atoms with van der Waals surface area (Å²) < 4.78 is 23.5. The van der Waals surface area contributed by atoms with Gasteiger partial charge >= 0.3 is 0 Å². The number of ether oxygens (including phenoxy) is 4. The van der Waals surface area contributed by atoms with Crippen LogP contribution in [0.3, 0.4) is 0 Å². The topological polar surface area (TPSA) is 36.9 Å². The van der Waals surface area contributed by atoms with E-state index in [9.17, 15) is 0 Å². The summed E-state index contributed by atoms with van der Waals surface area (Å²) in [6.07, 6.45) is 7.53. The first-order chi connectivity index (χ1) is 10.3. The first kappa shape index (κ1) is 18.9. The highest BCUT2D eigenvalue weighted by Crippen LogP contribution is 2.22. The Bertz CT molecular complexity index is 235. The molecule has 0 aromatic rings. The van der Waals surface area contributed by atoms with Crippen molar-refractivity contribution in [1.29, 1.82) is 0 Å². The fraction of sp³-hybridized carbons (Fsp3) is 1.00. The first-order valence-corrected chi connectivity index (χ1v) is 8.78. The van der Waals surface area contributed by atoms with Gasteiger partial charge in [-0.25, -0.2) is 0 Å². The van der Waals surface area contributed by atoms with Crippen molar-refractivity contribution in [3.8, 4) is 0 Å². The van der Waals surface area contributed by atoms with E-state index in [1.54, 1.807) is 0 Å². The molecule has 1 saturated heterocycles. The van der Waals surface area contributed by atoms with Gasteiger partial charge in [-0.2, -0.15) is 0 Å². The zero-order chi connectivity index (χ0) is 15.3. The normalized spacial score (nSPS) is 26.1. The third-order valence-corrected chi connectivity index (χ3v) is 3.75. The summed E-state index contributed by atoms with van der Waals surface area (Å²) in [5.41, 5.74) is 0. The van der Waals surface area contributed by atoms with Crippen LogP contribution in [0.15, 0.2) is 0 Å². The van der Waals surface area contributed by atoms with E-state index < -0.39 is 0 Å². The van der Waals surface area contributed by atoms with E-state index in [0.29, 0.717) is 6.61 Å². The zero-order valence-electron chi connectivity index (χ0n) is 14.1. The molecule has 21 heavy (non-hydrogen) atoms. The first-order valence-electron chi connectivity index (χ1n) is 8.78. The van der Waals surface area contributed by atoms with E-state index in [1.165, 1.54) is 0 Å². The predicted octanol–water partition coefficient (Wildman–Crippen LogP) is 3.92. The van der Waals surface area contributed by atoms with Gasteiger partial charge in [0.05, 0.1) is 12.7 Å². The summed E-state index contributed by atoms with van der Waals surface area (Å²) in [5.74, 6) is 0. The van der Waals surface area contributed by atoms with E-state index in [1.807, 2.05) is 0 Å². The van der Waals surface area contributed by atoms with Gasteiger partial charge in [-0.1, -0.05) is 40.0 Å². The van der Waals surface area contributed by atoms with E-state index in [-0.39, 0.29) is 18.5 Å². The van der Waals surface area contributed by atoms with Crippen molar-refractivity contribution in [2.45, 2.75) is 84.2 Å². The summed E-state index contributed by atoms with van der Waals surface area (Å²) in [5, 5.41) is 0. The molecule has 0 aromatic carbocycles. The molecule has 0 bridgehead atoms. The number of hydrogen-bond donors (Lipinski definition) is 0. The second kappa shape index (κ2) is 12.4. The molecule has 1 fully saturated rings. The smallest absolute Gasteiger partial charge is 0.160 e. The molecule has 0 aromatic heterocycles. The molecule has 1 aliphatic heterocycles. The van der Waals surface area contributed by atoms with Gasteiger partial charge in [0.1, 0.15) is 6.10 Å². The minimum atomic E-state index is -0.130. The van der Waals surface area contributed by atoms with E-state index in [0.717, 1.165) is 64.8 Å². The number of unbranched alkanes of at least 4 members (excludes halogenated alkanes) is 3. The maximum atomic E-state index is 6.02. The second-order valence-electron chi connectivity index (χ2n) is 5.75. The molecule has 0 spiro atoms. The predicted molar refractivity (Wildman–Crippen MR) is 84.5 cm³/mol. The van der Waals surface area contributed by atoms with E-state index in [4.69, 9.17) is 18.9 Å². The molecule has 0 saturated carbocycles. The summed E-state index contributed by atoms with van der Waals surface area (Å²) in [7, 11) is 0. The molecule has 4 heteroatoms. The third-order valence-electron chi connectivity index (χ3n) is 3.75. The minimum absolute atomic E-state index is 0.0550. The molecule has 1 unspecified atom stereocenters. The lowest BCUT2D eigenvalue weighted by atomic mass is 10.1. The van der Waals surface area contributed by atoms with Gasteiger partial charge in [-0.05, 0) is 19.3 Å². The fourth-order valence-corrected chi connectivity index (χ4v) is 2.28. The van der Waals surface area contributed by atoms with Crippen LogP contribution < -0.4 is 0 Å². The highest BCUT2D eigenvalue weighted by atomic mass is 16.7. The van der Waals surface area contributed by atoms with E-state index >= 15 is 0 Å². The number of rotatable bonds is 12. The molecule has 1 aliphatic rings. The molecule has 0 amide bonds. The van der Waals surface area contributed by atoms with Crippen LogP contribution in [0.1, 0.15) is 65.7 Å². The van der Waals surface area contributed by atoms with Crippen LogP contribution in [0.25, 0.3) is 0 Å². The average molecular weight is 302 g/mol. The molecule has 3 atom stereocenters. The summed E-state index contributed by atoms with van der Waals surface area (Å²) in [4.78, 5) is 0. The van der Waals surface area contributed by atoms with Crippen molar-refractivity contribution in [3.63, 3.8) is 0 Å². The van der Waals surface area contributed by atoms with Crippen LogP contribution in [-0.4, -0.2) is 44.9 Å². The van der Waals surface area contributed by atoms with Gasteiger partial charge in [0.2, 0.25) is 0 Å². The van der Waals surface area contributed by atoms with Crippen LogP contribution in [0.4, 0.5) is 0 Å². The Hall–Kier alpha value is -0.160. The second-order valence-corrected chi connectivity index (χ2v) is 5.75. The monoisotopic (exact) mass is 302 g/mol. The highest BCUT2D eigenvalue weighted by molar-refractivity contribution is 4.77. The highest BCUT2D eigenvalue weighted by Gasteiger charge is 2.33. The lowest BCUT2D eigenvalue weighted by Gasteiger charge is -2.35. The quantitative estimate of drug-likeness (QED) is 0.512. The lowest BCUT2D eigenvalue weighted by molar-refractivity contribution is -0.235. The number of hydrogen-bond acceptors (Lipinski definition) is 4. The average Bonchev–Trinajstić information content (AvgIpc) is 2.50. The molecule has 0 aliphatic carbocycles. The van der Waals surface area contributed by atoms with Gasteiger partial charge in [-0.15, -0.1) is 0 Å². The van der Waals surface area contributed by atoms with E-state index in [2.05, 4.69) is 20.8 Å². The van der Waals surface area contributed by atoms with Crippen LogP contribution >= 0.6 is 0 Å². The van der Waals surface area contributed by atoms with Gasteiger partial charge in [0.25, 0.3) is 0 Å². The zero-order valence-corrected chi connectivity index (χ0v) is 14.1. The van der Waals surface area contributed by atoms with Crippen LogP contribution in [0.5, 0.6) is 0 Å². The van der Waals surface area contributed by atoms with Crippen molar-refractivity contribution >= 4 is 0 Å². The molecule has 4 nitrogen and oxygen atoms in total. The molecular formula is C17H34O4. The molecule has 126 valence electrons. The molecule has 0 N–H and O–H groups in total. The van der Waals surface area contributed by atoms with Gasteiger partial charge in [0, 0.05) is 26.2 Å². The Morgan fingerprint density at radius 1 is 0.762 bits per heavy atom. The summed E-state index contributed by atoms with van der Waals surface area (Å²) in [6.45, 7) is 9.46. The Balaban J connectivity index is 2.36. The maximum Gasteiger partial charge on any atom is 0.160 e. The van der Waals surface area contributed by atoms with Gasteiger partial charge < -0.3 is 18.9 Å². The van der Waals surface area contributed by atoms with Crippen molar-refractivity contribution in [1.82, 2.24) is 0 Å². The summed E-state index contributed by atoms with van der Waals surface area (Å²) in [6, 6.07) is 0. The maximum absolute atomic E-state index is 6.02. The van der Waals surface area contributed by atoms with Crippen molar-refractivity contribution in [2.24, 2.45) is 0 Å². The fourth-order valence-electron chi connectivity index (χ4n) is 2.28. The molecule has 1 rings (SSSR count). The Morgan fingerprint density at radius 2 is 1.29 bits per heavy atom. The van der Waals surface area contributed by atoms with Crippen molar-refractivity contribution < 1.29 is 18.9 Å². The van der Waals surface area contributed by atoms with Gasteiger partial charge in [-0.3, -0.25) is 0 Å². The third kappa shape index (κ3) is 8.15. The van der Waals surface area contributed by atoms with Crippen LogP contribution in [0.2, 0.25) is 0 Å². The molecular weight excluding hydrogens is 268 g/mol. The lowest BCUT2D eigenvalue weighted by Crippen LogP contribution is -2.45. The Kier molecular flexibility index (Phi) is 11.1. The van der Waals surface area contributed by atoms with Gasteiger partial charge in [0.15, 0.2) is 6.29 Å². The Morgan fingerprint density at radius 3 is 1.86 bits per heavy atom. The standard InChI is InChI=1S/C17H34O4/c1-4-7-10-18-15-13-17(20-12-9-6-3)21-14-16(15)19-11-8-5-2/h15-17H,4-14H2,1-3H3/t15?,16-,17+/m1/s1. The summed E-state index contributed by atoms with van der Waals surface area (Å²) >= 11 is 0. The Labute approximate surface area is 130 Å². The van der Waals surface area contributed by atoms with Crippen molar-refractivity contribution in [2.75, 3.05) is 26.4 Å². The SMILES string of the molecule is CCCCOC1C[C@@H](OCCCC)OC[C@H]1OCCCC. The minimum Gasteiger partial charge on any atom is -0.375 e. The molecule has 1 heterocycles. The largest absolute Gasteiger partial charge is 0.375 e. The molecule has 0 radical (unpaired) electrons. The van der Waals surface area contributed by atoms with Crippen LogP contribution in [0, 0.1) is 0 Å². The van der Waals surface area contributed by atoms with Crippen molar-refractivity contribution in [3.05, 3.63) is 0 Å². The van der Waals surface area contributed by atoms with Crippen LogP contribution in [-0.2, 0) is 18.9 Å².